The number of hydrogen-bond donors (Lipinski definition) is 0. The van der Waals surface area contributed by atoms with Crippen LogP contribution in [0.15, 0.2) is 48.5 Å². The monoisotopic (exact) mass is 305 g/mol. The van der Waals surface area contributed by atoms with E-state index in [0.29, 0.717) is 18.0 Å². The topological polar surface area (TPSA) is 46.6 Å². The predicted octanol–water partition coefficient (Wildman–Crippen LogP) is 2.97. The molecule has 0 aromatic heterocycles. The number of anilines is 1. The Morgan fingerprint density at radius 1 is 1.10 bits per heavy atom. The first-order valence-electron chi connectivity index (χ1n) is 6.57. The number of sulfonamides is 1. The van der Waals surface area contributed by atoms with Gasteiger partial charge < -0.3 is 4.74 Å². The Labute approximate surface area is 126 Å². The fourth-order valence-corrected chi connectivity index (χ4v) is 2.91. The van der Waals surface area contributed by atoms with Crippen LogP contribution in [0.5, 0.6) is 5.75 Å². The van der Waals surface area contributed by atoms with E-state index in [-0.39, 0.29) is 0 Å². The van der Waals surface area contributed by atoms with Crippen LogP contribution in [0.3, 0.4) is 0 Å². The SMILES string of the molecule is COc1cccc(N(Cc2ccc(C)cc2)S(C)(=O)=O)c1. The van der Waals surface area contributed by atoms with Crippen molar-refractivity contribution in [3.8, 4) is 5.75 Å². The molecule has 0 amide bonds. The van der Waals surface area contributed by atoms with Crippen LogP contribution < -0.4 is 9.04 Å². The van der Waals surface area contributed by atoms with Crippen molar-refractivity contribution in [2.45, 2.75) is 13.5 Å². The van der Waals surface area contributed by atoms with Gasteiger partial charge in [-0.25, -0.2) is 8.42 Å². The predicted molar refractivity (Wildman–Crippen MR) is 85.2 cm³/mol. The standard InChI is InChI=1S/C16H19NO3S/c1-13-7-9-14(10-8-13)12-17(21(3,18)19)15-5-4-6-16(11-15)20-2/h4-11H,12H2,1-3H3. The normalized spacial score (nSPS) is 11.2. The van der Waals surface area contributed by atoms with E-state index in [1.165, 1.54) is 10.6 Å². The average molecular weight is 305 g/mol. The van der Waals surface area contributed by atoms with Gasteiger partial charge in [0.05, 0.1) is 25.6 Å². The Balaban J connectivity index is 2.37. The lowest BCUT2D eigenvalue weighted by Crippen LogP contribution is -2.29. The zero-order chi connectivity index (χ0) is 15.5. The fourth-order valence-electron chi connectivity index (χ4n) is 2.02. The van der Waals surface area contributed by atoms with Crippen molar-refractivity contribution in [1.82, 2.24) is 0 Å². The molecule has 2 aromatic carbocycles. The van der Waals surface area contributed by atoms with Crippen molar-refractivity contribution in [3.05, 3.63) is 59.7 Å². The van der Waals surface area contributed by atoms with Gasteiger partial charge >= 0.3 is 0 Å². The molecule has 0 heterocycles. The summed E-state index contributed by atoms with van der Waals surface area (Å²) in [7, 11) is -1.81. The minimum Gasteiger partial charge on any atom is -0.497 e. The Kier molecular flexibility index (Phi) is 4.53. The maximum Gasteiger partial charge on any atom is 0.232 e. The summed E-state index contributed by atoms with van der Waals surface area (Å²) >= 11 is 0. The summed E-state index contributed by atoms with van der Waals surface area (Å²) in [6.07, 6.45) is 1.21. The lowest BCUT2D eigenvalue weighted by atomic mass is 10.1. The summed E-state index contributed by atoms with van der Waals surface area (Å²) in [6.45, 7) is 2.30. The Morgan fingerprint density at radius 2 is 1.76 bits per heavy atom. The van der Waals surface area contributed by atoms with Gasteiger partial charge in [-0.15, -0.1) is 0 Å². The molecule has 2 rings (SSSR count). The highest BCUT2D eigenvalue weighted by Crippen LogP contribution is 2.25. The van der Waals surface area contributed by atoms with Crippen molar-refractivity contribution in [3.63, 3.8) is 0 Å². The van der Waals surface area contributed by atoms with E-state index in [2.05, 4.69) is 0 Å². The van der Waals surface area contributed by atoms with E-state index >= 15 is 0 Å². The minimum atomic E-state index is -3.37. The Morgan fingerprint density at radius 3 is 2.33 bits per heavy atom. The van der Waals surface area contributed by atoms with Gasteiger partial charge in [-0.3, -0.25) is 4.31 Å². The maximum atomic E-state index is 12.1. The van der Waals surface area contributed by atoms with Gasteiger partial charge in [-0.1, -0.05) is 35.9 Å². The van der Waals surface area contributed by atoms with Gasteiger partial charge in [-0.05, 0) is 24.6 Å². The third-order valence-corrected chi connectivity index (χ3v) is 4.33. The van der Waals surface area contributed by atoms with Crippen molar-refractivity contribution in [1.29, 1.82) is 0 Å². The van der Waals surface area contributed by atoms with E-state index in [1.807, 2.05) is 31.2 Å². The van der Waals surface area contributed by atoms with Crippen molar-refractivity contribution < 1.29 is 13.2 Å². The first kappa shape index (κ1) is 15.4. The molecule has 21 heavy (non-hydrogen) atoms. The zero-order valence-corrected chi connectivity index (χ0v) is 13.2. The zero-order valence-electron chi connectivity index (χ0n) is 12.4. The second-order valence-electron chi connectivity index (χ2n) is 4.96. The number of hydrogen-bond acceptors (Lipinski definition) is 3. The second-order valence-corrected chi connectivity index (χ2v) is 6.86. The van der Waals surface area contributed by atoms with E-state index in [0.717, 1.165) is 11.1 Å². The number of benzene rings is 2. The molecule has 112 valence electrons. The van der Waals surface area contributed by atoms with E-state index < -0.39 is 10.0 Å². The van der Waals surface area contributed by atoms with Gasteiger partial charge in [0, 0.05) is 6.07 Å². The second kappa shape index (κ2) is 6.18. The van der Waals surface area contributed by atoms with Crippen molar-refractivity contribution in [2.75, 3.05) is 17.7 Å². The number of rotatable bonds is 5. The molecule has 2 aromatic rings. The summed E-state index contributed by atoms with van der Waals surface area (Å²) in [4.78, 5) is 0. The molecule has 0 radical (unpaired) electrons. The molecule has 0 fully saturated rings. The molecule has 0 saturated carbocycles. The molecule has 5 heteroatoms. The summed E-state index contributed by atoms with van der Waals surface area (Å²) < 4.78 is 30.7. The van der Waals surface area contributed by atoms with Gasteiger partial charge in [0.1, 0.15) is 5.75 Å². The number of aryl methyl sites for hydroxylation is 1. The van der Waals surface area contributed by atoms with Gasteiger partial charge in [0.2, 0.25) is 10.0 Å². The Bertz CT molecular complexity index is 709. The van der Waals surface area contributed by atoms with Gasteiger partial charge in [-0.2, -0.15) is 0 Å². The quantitative estimate of drug-likeness (QED) is 0.853. The molecule has 0 aliphatic heterocycles. The highest BCUT2D eigenvalue weighted by molar-refractivity contribution is 7.92. The number of methoxy groups -OCH3 is 1. The lowest BCUT2D eigenvalue weighted by molar-refractivity contribution is 0.415. The number of nitrogens with zero attached hydrogens (tertiary/aromatic N) is 1. The van der Waals surface area contributed by atoms with Crippen LogP contribution in [0.2, 0.25) is 0 Å². The lowest BCUT2D eigenvalue weighted by Gasteiger charge is -2.23. The van der Waals surface area contributed by atoms with Crippen LogP contribution in [0.25, 0.3) is 0 Å². The molecule has 0 aliphatic rings. The molecule has 0 N–H and O–H groups in total. The van der Waals surface area contributed by atoms with Crippen molar-refractivity contribution >= 4 is 15.7 Å². The fraction of sp³-hybridized carbons (Fsp3) is 0.250. The van der Waals surface area contributed by atoms with E-state index in [1.54, 1.807) is 31.4 Å². The summed E-state index contributed by atoms with van der Waals surface area (Å²) in [5.74, 6) is 0.630. The molecule has 4 nitrogen and oxygen atoms in total. The van der Waals surface area contributed by atoms with Crippen molar-refractivity contribution in [2.24, 2.45) is 0 Å². The third kappa shape index (κ3) is 3.98. The molecule has 0 bridgehead atoms. The maximum absolute atomic E-state index is 12.1. The smallest absolute Gasteiger partial charge is 0.232 e. The van der Waals surface area contributed by atoms with Crippen LogP contribution in [-0.2, 0) is 16.6 Å². The molecule has 0 unspecified atom stereocenters. The van der Waals surface area contributed by atoms with Gasteiger partial charge in [0.15, 0.2) is 0 Å². The average Bonchev–Trinajstić information content (AvgIpc) is 2.45. The highest BCUT2D eigenvalue weighted by atomic mass is 32.2. The number of ether oxygens (including phenoxy) is 1. The van der Waals surface area contributed by atoms with Crippen LogP contribution in [0.1, 0.15) is 11.1 Å². The molecular formula is C16H19NO3S. The van der Waals surface area contributed by atoms with Crippen LogP contribution in [0, 0.1) is 6.92 Å². The van der Waals surface area contributed by atoms with Crippen LogP contribution in [-0.4, -0.2) is 21.8 Å². The van der Waals surface area contributed by atoms with Crippen LogP contribution in [0.4, 0.5) is 5.69 Å². The molecule has 0 saturated heterocycles. The molecule has 0 atom stereocenters. The first-order chi connectivity index (χ1) is 9.90. The summed E-state index contributed by atoms with van der Waals surface area (Å²) in [6, 6.07) is 14.9. The Hall–Kier alpha value is -2.01. The third-order valence-electron chi connectivity index (χ3n) is 3.19. The molecule has 0 spiro atoms. The largest absolute Gasteiger partial charge is 0.497 e. The summed E-state index contributed by atoms with van der Waals surface area (Å²) in [5, 5.41) is 0. The van der Waals surface area contributed by atoms with E-state index in [4.69, 9.17) is 4.74 Å². The van der Waals surface area contributed by atoms with E-state index in [9.17, 15) is 8.42 Å². The minimum absolute atomic E-state index is 0.298. The molecular weight excluding hydrogens is 286 g/mol. The molecule has 0 aliphatic carbocycles. The highest BCUT2D eigenvalue weighted by Gasteiger charge is 2.18. The van der Waals surface area contributed by atoms with Gasteiger partial charge in [0.25, 0.3) is 0 Å². The first-order valence-corrected chi connectivity index (χ1v) is 8.42. The van der Waals surface area contributed by atoms with Crippen LogP contribution >= 0.6 is 0 Å². The summed E-state index contributed by atoms with van der Waals surface area (Å²) in [5.41, 5.74) is 2.68.